The summed E-state index contributed by atoms with van der Waals surface area (Å²) in [5, 5.41) is 4.23. The zero-order valence-corrected chi connectivity index (χ0v) is 14.8. The number of rotatable bonds is 9. The summed E-state index contributed by atoms with van der Waals surface area (Å²) in [5.41, 5.74) is 2.06. The van der Waals surface area contributed by atoms with E-state index in [1.807, 2.05) is 13.0 Å². The second-order valence-corrected chi connectivity index (χ2v) is 5.80. The Bertz CT molecular complexity index is 540. The molecule has 1 unspecified atom stereocenters. The lowest BCUT2D eigenvalue weighted by molar-refractivity contribution is -0.453. The largest absolute Gasteiger partial charge is 0.543 e. The molecule has 0 radical (unpaired) electrons. The molecular formula is C18H26O6. The number of hydrogen-bond acceptors (Lipinski definition) is 6. The molecule has 0 aromatic heterocycles. The smallest absolute Gasteiger partial charge is 0.429 e. The normalized spacial score (nSPS) is 11.7. The molecule has 0 saturated carbocycles. The van der Waals surface area contributed by atoms with Gasteiger partial charge in [-0.05, 0) is 50.8 Å². The lowest BCUT2D eigenvalue weighted by Gasteiger charge is -2.11. The number of benzene rings is 1. The van der Waals surface area contributed by atoms with Gasteiger partial charge in [-0.3, -0.25) is 4.89 Å². The van der Waals surface area contributed by atoms with E-state index in [9.17, 15) is 9.59 Å². The molecule has 1 aromatic carbocycles. The van der Waals surface area contributed by atoms with E-state index in [-0.39, 0.29) is 6.10 Å². The Kier molecular flexibility index (Phi) is 8.86. The standard InChI is InChI=1S/C18H26O6/c1-5-6-7-8-11-14(3)21-18(20)23-24-22-17(19)16-12-9-10-13(2)15(16)4/h9-10,12,14H,5-8,11H2,1-4H3. The van der Waals surface area contributed by atoms with Gasteiger partial charge in [-0.15, -0.1) is 0 Å². The van der Waals surface area contributed by atoms with E-state index in [0.29, 0.717) is 5.56 Å². The summed E-state index contributed by atoms with van der Waals surface area (Å²) < 4.78 is 4.98. The first-order chi connectivity index (χ1) is 11.5. The van der Waals surface area contributed by atoms with Crippen molar-refractivity contribution in [1.82, 2.24) is 0 Å². The Hall–Kier alpha value is -2.08. The summed E-state index contributed by atoms with van der Waals surface area (Å²) in [7, 11) is 0. The summed E-state index contributed by atoms with van der Waals surface area (Å²) in [4.78, 5) is 32.0. The highest BCUT2D eigenvalue weighted by Gasteiger charge is 2.16. The lowest BCUT2D eigenvalue weighted by Crippen LogP contribution is -2.18. The first-order valence-corrected chi connectivity index (χ1v) is 8.28. The van der Waals surface area contributed by atoms with Crippen molar-refractivity contribution in [3.8, 4) is 0 Å². The predicted octanol–water partition coefficient (Wildman–Crippen LogP) is 4.82. The third-order valence-corrected chi connectivity index (χ3v) is 3.80. The molecule has 0 N–H and O–H groups in total. The molecule has 1 atom stereocenters. The number of carbonyl (C=O) groups excluding carboxylic acids is 2. The number of carbonyl (C=O) groups is 2. The average molecular weight is 338 g/mol. The minimum atomic E-state index is -1.04. The van der Waals surface area contributed by atoms with Gasteiger partial charge in [0.25, 0.3) is 0 Å². The van der Waals surface area contributed by atoms with E-state index in [2.05, 4.69) is 21.7 Å². The van der Waals surface area contributed by atoms with E-state index in [1.54, 1.807) is 26.0 Å². The van der Waals surface area contributed by atoms with E-state index >= 15 is 0 Å². The van der Waals surface area contributed by atoms with Crippen LogP contribution in [-0.4, -0.2) is 18.2 Å². The van der Waals surface area contributed by atoms with Crippen molar-refractivity contribution in [3.63, 3.8) is 0 Å². The molecule has 0 aliphatic rings. The molecule has 1 rings (SSSR count). The number of unbranched alkanes of at least 4 members (excludes halogenated alkanes) is 3. The van der Waals surface area contributed by atoms with Gasteiger partial charge in [-0.1, -0.05) is 38.3 Å². The minimum absolute atomic E-state index is 0.285. The van der Waals surface area contributed by atoms with Gasteiger partial charge in [0.2, 0.25) is 0 Å². The monoisotopic (exact) mass is 338 g/mol. The van der Waals surface area contributed by atoms with Crippen LogP contribution in [0.5, 0.6) is 0 Å². The highest BCUT2D eigenvalue weighted by atomic mass is 17.5. The number of aryl methyl sites for hydroxylation is 1. The predicted molar refractivity (Wildman–Crippen MR) is 88.2 cm³/mol. The Morgan fingerprint density at radius 2 is 1.83 bits per heavy atom. The zero-order valence-electron chi connectivity index (χ0n) is 14.8. The summed E-state index contributed by atoms with van der Waals surface area (Å²) in [5.74, 6) is -0.739. The van der Waals surface area contributed by atoms with E-state index < -0.39 is 12.1 Å². The third-order valence-electron chi connectivity index (χ3n) is 3.80. The number of ether oxygens (including phenoxy) is 1. The van der Waals surface area contributed by atoms with E-state index in [4.69, 9.17) is 4.74 Å². The molecule has 0 amide bonds. The first-order valence-electron chi connectivity index (χ1n) is 8.28. The molecule has 6 nitrogen and oxygen atoms in total. The Balaban J connectivity index is 2.27. The second kappa shape index (κ2) is 10.6. The lowest BCUT2D eigenvalue weighted by atomic mass is 10.0. The van der Waals surface area contributed by atoms with Crippen molar-refractivity contribution in [3.05, 3.63) is 34.9 Å². The Morgan fingerprint density at radius 3 is 2.54 bits per heavy atom. The van der Waals surface area contributed by atoms with Crippen molar-refractivity contribution < 1.29 is 29.1 Å². The van der Waals surface area contributed by atoms with Crippen molar-refractivity contribution >= 4 is 12.1 Å². The van der Waals surface area contributed by atoms with Crippen LogP contribution in [0.25, 0.3) is 0 Å². The van der Waals surface area contributed by atoms with Crippen molar-refractivity contribution in [2.45, 2.75) is 65.9 Å². The Morgan fingerprint density at radius 1 is 1.08 bits per heavy atom. The summed E-state index contributed by atoms with van der Waals surface area (Å²) in [6.45, 7) is 7.58. The summed E-state index contributed by atoms with van der Waals surface area (Å²) >= 11 is 0. The summed E-state index contributed by atoms with van der Waals surface area (Å²) in [6, 6.07) is 5.21. The van der Waals surface area contributed by atoms with Crippen LogP contribution in [0.2, 0.25) is 0 Å². The fourth-order valence-electron chi connectivity index (χ4n) is 2.19. The molecule has 0 heterocycles. The van der Waals surface area contributed by atoms with Crippen LogP contribution in [0.3, 0.4) is 0 Å². The van der Waals surface area contributed by atoms with Crippen molar-refractivity contribution in [1.29, 1.82) is 0 Å². The summed E-state index contributed by atoms with van der Waals surface area (Å²) in [6.07, 6.45) is 3.82. The van der Waals surface area contributed by atoms with Crippen LogP contribution in [0.4, 0.5) is 4.79 Å². The molecule has 0 fully saturated rings. The van der Waals surface area contributed by atoms with Gasteiger partial charge >= 0.3 is 12.1 Å². The van der Waals surface area contributed by atoms with Crippen molar-refractivity contribution in [2.75, 3.05) is 0 Å². The molecule has 6 heteroatoms. The SMILES string of the molecule is CCCCCCC(C)OC(=O)OOOC(=O)c1cccc(C)c1C. The number of hydrogen-bond donors (Lipinski definition) is 0. The molecule has 0 aliphatic carbocycles. The molecule has 0 saturated heterocycles. The molecule has 0 bridgehead atoms. The van der Waals surface area contributed by atoms with Crippen LogP contribution < -0.4 is 0 Å². The average Bonchev–Trinajstić information content (AvgIpc) is 2.54. The molecule has 1 aromatic rings. The van der Waals surface area contributed by atoms with Gasteiger partial charge in [0.15, 0.2) is 0 Å². The molecule has 24 heavy (non-hydrogen) atoms. The first kappa shape index (κ1) is 20.0. The topological polar surface area (TPSA) is 71.1 Å². The Labute approximate surface area is 142 Å². The zero-order chi connectivity index (χ0) is 17.9. The molecule has 0 spiro atoms. The minimum Gasteiger partial charge on any atom is -0.429 e. The molecule has 134 valence electrons. The van der Waals surface area contributed by atoms with Gasteiger partial charge in [-0.25, -0.2) is 14.5 Å². The van der Waals surface area contributed by atoms with Gasteiger partial charge in [-0.2, -0.15) is 0 Å². The fourth-order valence-corrected chi connectivity index (χ4v) is 2.19. The van der Waals surface area contributed by atoms with Crippen LogP contribution in [-0.2, 0) is 19.6 Å². The van der Waals surface area contributed by atoms with Gasteiger partial charge in [0.05, 0.1) is 10.6 Å². The maximum Gasteiger partial charge on any atom is 0.543 e. The maximum atomic E-state index is 11.8. The van der Waals surface area contributed by atoms with Gasteiger partial charge in [0, 0.05) is 0 Å². The van der Waals surface area contributed by atoms with Crippen LogP contribution in [0.1, 0.15) is 67.4 Å². The third kappa shape index (κ3) is 7.00. The fraction of sp³-hybridized carbons (Fsp3) is 0.556. The van der Waals surface area contributed by atoms with E-state index in [0.717, 1.165) is 43.2 Å². The maximum absolute atomic E-state index is 11.8. The van der Waals surface area contributed by atoms with Gasteiger partial charge in [0.1, 0.15) is 6.10 Å². The van der Waals surface area contributed by atoms with Crippen LogP contribution >= 0.6 is 0 Å². The van der Waals surface area contributed by atoms with Gasteiger partial charge < -0.3 is 4.74 Å². The van der Waals surface area contributed by atoms with Crippen molar-refractivity contribution in [2.24, 2.45) is 0 Å². The highest BCUT2D eigenvalue weighted by molar-refractivity contribution is 5.90. The molecular weight excluding hydrogens is 312 g/mol. The van der Waals surface area contributed by atoms with Crippen LogP contribution in [0, 0.1) is 13.8 Å². The van der Waals surface area contributed by atoms with E-state index in [1.165, 1.54) is 0 Å². The molecule has 0 aliphatic heterocycles. The van der Waals surface area contributed by atoms with Crippen LogP contribution in [0.15, 0.2) is 18.2 Å². The quantitative estimate of drug-likeness (QED) is 0.278. The highest BCUT2D eigenvalue weighted by Crippen LogP contribution is 2.14. The second-order valence-electron chi connectivity index (χ2n) is 5.80.